The van der Waals surface area contributed by atoms with Gasteiger partial charge in [-0.05, 0) is 43.5 Å². The van der Waals surface area contributed by atoms with Crippen LogP contribution in [0, 0.1) is 5.92 Å². The summed E-state index contributed by atoms with van der Waals surface area (Å²) in [5.41, 5.74) is 2.00. The molecule has 1 aromatic carbocycles. The highest BCUT2D eigenvalue weighted by atomic mass is 16.2. The minimum Gasteiger partial charge on any atom is -0.335 e. The van der Waals surface area contributed by atoms with Crippen molar-refractivity contribution in [1.82, 2.24) is 10.6 Å². The summed E-state index contributed by atoms with van der Waals surface area (Å²) in [6.45, 7) is 11.5. The molecule has 118 valence electrons. The molecule has 2 unspecified atom stereocenters. The maximum atomic E-state index is 12.1. The molecular formula is C17H29N3O. The molecule has 0 spiro atoms. The summed E-state index contributed by atoms with van der Waals surface area (Å²) in [5, 5.41) is 9.31. The second-order valence-electron chi connectivity index (χ2n) is 5.76. The third kappa shape index (κ3) is 5.76. The maximum absolute atomic E-state index is 12.1. The van der Waals surface area contributed by atoms with E-state index in [4.69, 9.17) is 0 Å². The van der Waals surface area contributed by atoms with Crippen LogP contribution < -0.4 is 16.0 Å². The van der Waals surface area contributed by atoms with Gasteiger partial charge >= 0.3 is 6.03 Å². The number of hydrogen-bond donors (Lipinski definition) is 3. The van der Waals surface area contributed by atoms with Crippen molar-refractivity contribution in [2.45, 2.75) is 53.1 Å². The van der Waals surface area contributed by atoms with E-state index in [2.05, 4.69) is 56.6 Å². The van der Waals surface area contributed by atoms with Crippen molar-refractivity contribution < 1.29 is 4.79 Å². The van der Waals surface area contributed by atoms with Crippen LogP contribution in [0.5, 0.6) is 0 Å². The lowest BCUT2D eigenvalue weighted by Gasteiger charge is -2.21. The van der Waals surface area contributed by atoms with Gasteiger partial charge in [-0.1, -0.05) is 39.8 Å². The Morgan fingerprint density at radius 2 is 1.90 bits per heavy atom. The van der Waals surface area contributed by atoms with Crippen LogP contribution in [0.2, 0.25) is 0 Å². The predicted molar refractivity (Wildman–Crippen MR) is 89.6 cm³/mol. The number of nitrogens with one attached hydrogen (secondary N) is 3. The van der Waals surface area contributed by atoms with Crippen LogP contribution in [-0.2, 0) is 0 Å². The van der Waals surface area contributed by atoms with E-state index in [9.17, 15) is 4.79 Å². The third-order valence-electron chi connectivity index (χ3n) is 3.72. The Bertz CT molecular complexity index is 445. The van der Waals surface area contributed by atoms with Gasteiger partial charge in [0, 0.05) is 17.8 Å². The van der Waals surface area contributed by atoms with E-state index in [0.29, 0.717) is 5.92 Å². The zero-order valence-electron chi connectivity index (χ0n) is 13.9. The lowest BCUT2D eigenvalue weighted by atomic mass is 10.0. The van der Waals surface area contributed by atoms with Crippen molar-refractivity contribution in [2.75, 3.05) is 11.9 Å². The Morgan fingerprint density at radius 3 is 2.48 bits per heavy atom. The van der Waals surface area contributed by atoms with Crippen LogP contribution in [0.3, 0.4) is 0 Å². The highest BCUT2D eigenvalue weighted by Gasteiger charge is 2.14. The molecule has 2 atom stereocenters. The fraction of sp³-hybridized carbons (Fsp3) is 0.588. The first-order chi connectivity index (χ1) is 9.97. The third-order valence-corrected chi connectivity index (χ3v) is 3.72. The number of anilines is 1. The first kappa shape index (κ1) is 17.5. The molecule has 1 rings (SSSR count). The van der Waals surface area contributed by atoms with Crippen molar-refractivity contribution in [3.05, 3.63) is 29.8 Å². The smallest absolute Gasteiger partial charge is 0.319 e. The van der Waals surface area contributed by atoms with Gasteiger partial charge in [0.1, 0.15) is 0 Å². The molecule has 0 heterocycles. The number of amides is 2. The Balaban J connectivity index is 2.66. The molecule has 4 heteroatoms. The summed E-state index contributed by atoms with van der Waals surface area (Å²) in [7, 11) is 0. The number of carbonyl (C=O) groups excluding carboxylic acids is 1. The molecule has 21 heavy (non-hydrogen) atoms. The van der Waals surface area contributed by atoms with Crippen LogP contribution in [0.25, 0.3) is 0 Å². The average molecular weight is 291 g/mol. The van der Waals surface area contributed by atoms with Crippen molar-refractivity contribution in [1.29, 1.82) is 0 Å². The average Bonchev–Trinajstić information content (AvgIpc) is 2.45. The Labute approximate surface area is 128 Å². The Morgan fingerprint density at radius 1 is 1.19 bits per heavy atom. The normalized spacial score (nSPS) is 13.8. The van der Waals surface area contributed by atoms with Gasteiger partial charge in [0.25, 0.3) is 0 Å². The molecule has 0 radical (unpaired) electrons. The summed E-state index contributed by atoms with van der Waals surface area (Å²) in [6.07, 6.45) is 0.933. The van der Waals surface area contributed by atoms with Crippen molar-refractivity contribution in [3.63, 3.8) is 0 Å². The van der Waals surface area contributed by atoms with E-state index in [1.807, 2.05) is 18.2 Å². The number of rotatable bonds is 7. The Kier molecular flexibility index (Phi) is 7.23. The van der Waals surface area contributed by atoms with Crippen LogP contribution in [0.4, 0.5) is 10.5 Å². The molecule has 4 nitrogen and oxygen atoms in total. The standard InChI is InChI=1S/C17H29N3O/c1-6-16(12(3)4)20-17(21)19-15-10-8-9-14(11-15)13(5)18-7-2/h8-13,16,18H,6-7H2,1-5H3,(H2,19,20,21). The van der Waals surface area contributed by atoms with Crippen molar-refractivity contribution in [2.24, 2.45) is 5.92 Å². The highest BCUT2D eigenvalue weighted by molar-refractivity contribution is 5.89. The molecule has 0 aliphatic heterocycles. The lowest BCUT2D eigenvalue weighted by Crippen LogP contribution is -2.40. The van der Waals surface area contributed by atoms with E-state index in [1.54, 1.807) is 0 Å². The van der Waals surface area contributed by atoms with Gasteiger partial charge < -0.3 is 16.0 Å². The summed E-state index contributed by atoms with van der Waals surface area (Å²) in [6, 6.07) is 8.32. The minimum atomic E-state index is -0.135. The zero-order chi connectivity index (χ0) is 15.8. The molecule has 0 aliphatic carbocycles. The fourth-order valence-corrected chi connectivity index (χ4v) is 2.39. The zero-order valence-corrected chi connectivity index (χ0v) is 13.9. The molecule has 1 aromatic rings. The largest absolute Gasteiger partial charge is 0.335 e. The molecule has 2 amide bonds. The van der Waals surface area contributed by atoms with Gasteiger partial charge in [0.15, 0.2) is 0 Å². The fourth-order valence-electron chi connectivity index (χ4n) is 2.39. The first-order valence-corrected chi connectivity index (χ1v) is 7.88. The summed E-state index contributed by atoms with van der Waals surface area (Å²) in [5.74, 6) is 0.431. The van der Waals surface area contributed by atoms with E-state index < -0.39 is 0 Å². The first-order valence-electron chi connectivity index (χ1n) is 7.88. The highest BCUT2D eigenvalue weighted by Crippen LogP contribution is 2.17. The summed E-state index contributed by atoms with van der Waals surface area (Å²) < 4.78 is 0. The monoisotopic (exact) mass is 291 g/mol. The van der Waals surface area contributed by atoms with E-state index in [-0.39, 0.29) is 18.1 Å². The van der Waals surface area contributed by atoms with Gasteiger partial charge in [-0.3, -0.25) is 0 Å². The van der Waals surface area contributed by atoms with Crippen molar-refractivity contribution in [3.8, 4) is 0 Å². The molecule has 0 fully saturated rings. The van der Waals surface area contributed by atoms with Crippen LogP contribution in [-0.4, -0.2) is 18.6 Å². The van der Waals surface area contributed by atoms with E-state index >= 15 is 0 Å². The van der Waals surface area contributed by atoms with Gasteiger partial charge in [0.05, 0.1) is 0 Å². The second kappa shape index (κ2) is 8.67. The molecule has 0 aromatic heterocycles. The van der Waals surface area contributed by atoms with Crippen LogP contribution >= 0.6 is 0 Å². The van der Waals surface area contributed by atoms with Gasteiger partial charge in [-0.15, -0.1) is 0 Å². The predicted octanol–water partition coefficient (Wildman–Crippen LogP) is 3.91. The summed E-state index contributed by atoms with van der Waals surface area (Å²) in [4.78, 5) is 12.1. The molecule has 0 aliphatic rings. The second-order valence-corrected chi connectivity index (χ2v) is 5.76. The topological polar surface area (TPSA) is 53.2 Å². The quantitative estimate of drug-likeness (QED) is 0.713. The minimum absolute atomic E-state index is 0.135. The number of urea groups is 1. The molecule has 0 saturated carbocycles. The molecule has 0 saturated heterocycles. The summed E-state index contributed by atoms with van der Waals surface area (Å²) >= 11 is 0. The number of benzene rings is 1. The van der Waals surface area contributed by atoms with Gasteiger partial charge in [-0.25, -0.2) is 4.79 Å². The van der Waals surface area contributed by atoms with Crippen molar-refractivity contribution >= 4 is 11.7 Å². The van der Waals surface area contributed by atoms with E-state index in [0.717, 1.165) is 18.7 Å². The maximum Gasteiger partial charge on any atom is 0.319 e. The van der Waals surface area contributed by atoms with Gasteiger partial charge in [-0.2, -0.15) is 0 Å². The molecule has 0 bridgehead atoms. The van der Waals surface area contributed by atoms with Gasteiger partial charge in [0.2, 0.25) is 0 Å². The Hall–Kier alpha value is -1.55. The lowest BCUT2D eigenvalue weighted by molar-refractivity contribution is 0.244. The number of hydrogen-bond acceptors (Lipinski definition) is 2. The van der Waals surface area contributed by atoms with E-state index in [1.165, 1.54) is 5.56 Å². The number of carbonyl (C=O) groups is 1. The molecule has 3 N–H and O–H groups in total. The van der Waals surface area contributed by atoms with Crippen LogP contribution in [0.15, 0.2) is 24.3 Å². The SMILES string of the molecule is CCNC(C)c1cccc(NC(=O)NC(CC)C(C)C)c1. The molecular weight excluding hydrogens is 262 g/mol. The van der Waals surface area contributed by atoms with Crippen LogP contribution in [0.1, 0.15) is 52.6 Å².